The maximum Gasteiger partial charge on any atom is 0.338 e. The fourth-order valence-electron chi connectivity index (χ4n) is 1.94. The van der Waals surface area contributed by atoms with Crippen LogP contribution in [0.4, 0.5) is 5.69 Å². The van der Waals surface area contributed by atoms with Crippen molar-refractivity contribution in [3.05, 3.63) is 29.3 Å². The number of esters is 1. The van der Waals surface area contributed by atoms with Crippen LogP contribution in [0.1, 0.15) is 15.9 Å². The van der Waals surface area contributed by atoms with Crippen molar-refractivity contribution in [2.45, 2.75) is 6.42 Å². The number of anilines is 1. The molecule has 1 N–H and O–H groups in total. The Bertz CT molecular complexity index is 433. The molecule has 0 unspecified atom stereocenters. The first-order chi connectivity index (χ1) is 9.31. The summed E-state index contributed by atoms with van der Waals surface area (Å²) in [5.74, 6) is -0.313. The summed E-state index contributed by atoms with van der Waals surface area (Å²) in [6.07, 6.45) is 1.01. The smallest absolute Gasteiger partial charge is 0.338 e. The molecule has 0 radical (unpaired) electrons. The lowest BCUT2D eigenvalue weighted by Gasteiger charge is -2.07. The van der Waals surface area contributed by atoms with Crippen molar-refractivity contribution in [3.8, 4) is 0 Å². The number of rotatable bonds is 7. The molecule has 0 saturated heterocycles. The van der Waals surface area contributed by atoms with Gasteiger partial charge < -0.3 is 19.5 Å². The van der Waals surface area contributed by atoms with E-state index in [-0.39, 0.29) is 12.6 Å². The van der Waals surface area contributed by atoms with E-state index >= 15 is 0 Å². The molecule has 1 aliphatic rings. The van der Waals surface area contributed by atoms with Gasteiger partial charge in [0.05, 0.1) is 25.4 Å². The lowest BCUT2D eigenvalue weighted by molar-refractivity contribution is 0.0214. The molecule has 1 aliphatic heterocycles. The highest BCUT2D eigenvalue weighted by molar-refractivity contribution is 5.91. The summed E-state index contributed by atoms with van der Waals surface area (Å²) in [6.45, 7) is 2.63. The van der Waals surface area contributed by atoms with Crippen LogP contribution in [-0.2, 0) is 20.6 Å². The second-order valence-corrected chi connectivity index (χ2v) is 4.29. The molecule has 0 atom stereocenters. The highest BCUT2D eigenvalue weighted by Crippen LogP contribution is 2.23. The fraction of sp³-hybridized carbons (Fsp3) is 0.500. The lowest BCUT2D eigenvalue weighted by Crippen LogP contribution is -2.12. The standard InChI is InChI=1S/C14H19NO4/c1-17-6-7-18-8-9-19-14(16)12-3-2-11-4-5-15-13(11)10-12/h2-3,10,15H,4-9H2,1H3. The number of fused-ring (bicyclic) bond motifs is 1. The Morgan fingerprint density at radius 2 is 2.11 bits per heavy atom. The molecule has 5 heteroatoms. The topological polar surface area (TPSA) is 56.8 Å². The number of hydrogen-bond donors (Lipinski definition) is 1. The van der Waals surface area contributed by atoms with Gasteiger partial charge in [0, 0.05) is 19.3 Å². The van der Waals surface area contributed by atoms with Crippen LogP contribution in [0.15, 0.2) is 18.2 Å². The molecule has 0 aliphatic carbocycles. The van der Waals surface area contributed by atoms with E-state index in [4.69, 9.17) is 14.2 Å². The second kappa shape index (κ2) is 7.11. The van der Waals surface area contributed by atoms with E-state index < -0.39 is 0 Å². The van der Waals surface area contributed by atoms with Crippen molar-refractivity contribution in [2.75, 3.05) is 45.4 Å². The average Bonchev–Trinajstić information content (AvgIpc) is 2.89. The molecule has 1 heterocycles. The number of hydrogen-bond acceptors (Lipinski definition) is 5. The molecular formula is C14H19NO4. The summed E-state index contributed by atoms with van der Waals surface area (Å²) in [7, 11) is 1.62. The van der Waals surface area contributed by atoms with Crippen molar-refractivity contribution >= 4 is 11.7 Å². The first-order valence-corrected chi connectivity index (χ1v) is 6.42. The monoisotopic (exact) mass is 265 g/mol. The highest BCUT2D eigenvalue weighted by Gasteiger charge is 2.14. The van der Waals surface area contributed by atoms with Gasteiger partial charge >= 0.3 is 5.97 Å². The van der Waals surface area contributed by atoms with Crippen molar-refractivity contribution < 1.29 is 19.0 Å². The summed E-state index contributed by atoms with van der Waals surface area (Å²) in [5.41, 5.74) is 2.86. The van der Waals surface area contributed by atoms with E-state index in [9.17, 15) is 4.79 Å². The van der Waals surface area contributed by atoms with Gasteiger partial charge in [-0.05, 0) is 24.1 Å². The van der Waals surface area contributed by atoms with Gasteiger partial charge in [-0.25, -0.2) is 4.79 Å². The van der Waals surface area contributed by atoms with Crippen LogP contribution in [0, 0.1) is 0 Å². The Kier molecular flexibility index (Phi) is 5.18. The number of carbonyl (C=O) groups is 1. The van der Waals surface area contributed by atoms with E-state index in [0.717, 1.165) is 18.7 Å². The molecule has 19 heavy (non-hydrogen) atoms. The predicted molar refractivity (Wildman–Crippen MR) is 71.6 cm³/mol. The summed E-state index contributed by atoms with van der Waals surface area (Å²) in [5, 5.41) is 3.24. The van der Waals surface area contributed by atoms with Gasteiger partial charge in [-0.1, -0.05) is 6.07 Å². The molecule has 104 valence electrons. The fourth-order valence-corrected chi connectivity index (χ4v) is 1.94. The summed E-state index contributed by atoms with van der Waals surface area (Å²) in [4.78, 5) is 11.8. The third kappa shape index (κ3) is 3.94. The molecule has 5 nitrogen and oxygen atoms in total. The molecule has 0 fully saturated rings. The third-order valence-corrected chi connectivity index (χ3v) is 2.95. The van der Waals surface area contributed by atoms with Gasteiger partial charge in [0.15, 0.2) is 0 Å². The van der Waals surface area contributed by atoms with Crippen LogP contribution in [0.3, 0.4) is 0 Å². The molecule has 2 rings (SSSR count). The van der Waals surface area contributed by atoms with Crippen LogP contribution in [0.5, 0.6) is 0 Å². The van der Waals surface area contributed by atoms with Crippen LogP contribution in [0.2, 0.25) is 0 Å². The molecule has 0 saturated carbocycles. The normalized spacial score (nSPS) is 12.9. The SMILES string of the molecule is COCCOCCOC(=O)c1ccc2c(c1)NCC2. The summed E-state index contributed by atoms with van der Waals surface area (Å²) >= 11 is 0. The zero-order chi connectivity index (χ0) is 13.5. The minimum atomic E-state index is -0.313. The van der Waals surface area contributed by atoms with Gasteiger partial charge in [-0.15, -0.1) is 0 Å². The van der Waals surface area contributed by atoms with E-state index in [1.54, 1.807) is 13.2 Å². The van der Waals surface area contributed by atoms with Crippen molar-refractivity contribution in [1.82, 2.24) is 0 Å². The van der Waals surface area contributed by atoms with Crippen molar-refractivity contribution in [1.29, 1.82) is 0 Å². The molecular weight excluding hydrogens is 246 g/mol. The van der Waals surface area contributed by atoms with Gasteiger partial charge in [0.25, 0.3) is 0 Å². The predicted octanol–water partition coefficient (Wildman–Crippen LogP) is 1.47. The van der Waals surface area contributed by atoms with Crippen LogP contribution in [-0.4, -0.2) is 46.1 Å². The molecule has 0 amide bonds. The Morgan fingerprint density at radius 3 is 2.95 bits per heavy atom. The Labute approximate surface area is 112 Å². The summed E-state index contributed by atoms with van der Waals surface area (Å²) < 4.78 is 15.2. The van der Waals surface area contributed by atoms with Gasteiger partial charge in [-0.2, -0.15) is 0 Å². The van der Waals surface area contributed by atoms with E-state index in [1.165, 1.54) is 5.56 Å². The number of carbonyl (C=O) groups excluding carboxylic acids is 1. The van der Waals surface area contributed by atoms with Crippen LogP contribution in [0.25, 0.3) is 0 Å². The Morgan fingerprint density at radius 1 is 1.26 bits per heavy atom. The van der Waals surface area contributed by atoms with Crippen LogP contribution < -0.4 is 5.32 Å². The van der Waals surface area contributed by atoms with Crippen molar-refractivity contribution in [2.24, 2.45) is 0 Å². The van der Waals surface area contributed by atoms with E-state index in [0.29, 0.717) is 25.4 Å². The molecule has 1 aromatic carbocycles. The van der Waals surface area contributed by atoms with Gasteiger partial charge in [0.2, 0.25) is 0 Å². The lowest BCUT2D eigenvalue weighted by atomic mass is 10.1. The number of methoxy groups -OCH3 is 1. The Balaban J connectivity index is 1.74. The average molecular weight is 265 g/mol. The minimum absolute atomic E-state index is 0.257. The molecule has 0 aromatic heterocycles. The highest BCUT2D eigenvalue weighted by atomic mass is 16.6. The first-order valence-electron chi connectivity index (χ1n) is 6.42. The van der Waals surface area contributed by atoms with E-state index in [2.05, 4.69) is 5.32 Å². The molecule has 1 aromatic rings. The van der Waals surface area contributed by atoms with Crippen molar-refractivity contribution in [3.63, 3.8) is 0 Å². The number of benzene rings is 1. The first kappa shape index (κ1) is 13.8. The maximum absolute atomic E-state index is 11.8. The third-order valence-electron chi connectivity index (χ3n) is 2.95. The maximum atomic E-state index is 11.8. The van der Waals surface area contributed by atoms with Gasteiger partial charge in [-0.3, -0.25) is 0 Å². The molecule has 0 spiro atoms. The van der Waals surface area contributed by atoms with E-state index in [1.807, 2.05) is 12.1 Å². The van der Waals surface area contributed by atoms with Gasteiger partial charge in [0.1, 0.15) is 6.61 Å². The number of nitrogens with one attached hydrogen (secondary N) is 1. The zero-order valence-electron chi connectivity index (χ0n) is 11.1. The zero-order valence-corrected chi connectivity index (χ0v) is 11.1. The largest absolute Gasteiger partial charge is 0.460 e. The second-order valence-electron chi connectivity index (χ2n) is 4.29. The number of ether oxygens (including phenoxy) is 3. The quantitative estimate of drug-likeness (QED) is 0.597. The summed E-state index contributed by atoms with van der Waals surface area (Å²) in [6, 6.07) is 5.62. The Hall–Kier alpha value is -1.59. The molecule has 0 bridgehead atoms. The van der Waals surface area contributed by atoms with Crippen LogP contribution >= 0.6 is 0 Å². The minimum Gasteiger partial charge on any atom is -0.460 e.